The number of hydrogen-bond donors (Lipinski definition) is 0. The first-order chi connectivity index (χ1) is 10.3. The van der Waals surface area contributed by atoms with Gasteiger partial charge >= 0.3 is 11.7 Å². The fourth-order valence-corrected chi connectivity index (χ4v) is 3.09. The van der Waals surface area contributed by atoms with Gasteiger partial charge in [0, 0.05) is 12.6 Å². The smallest absolute Gasteiger partial charge is 0.419 e. The predicted molar refractivity (Wildman–Crippen MR) is 82.6 cm³/mol. The molecule has 118 valence electrons. The van der Waals surface area contributed by atoms with Gasteiger partial charge in [-0.2, -0.15) is 0 Å². The van der Waals surface area contributed by atoms with Gasteiger partial charge < -0.3 is 9.15 Å². The van der Waals surface area contributed by atoms with E-state index in [1.807, 2.05) is 6.08 Å². The molecular formula is C17H21NO4. The molecule has 0 radical (unpaired) electrons. The number of rotatable bonds is 0. The van der Waals surface area contributed by atoms with Gasteiger partial charge in [-0.1, -0.05) is 26.8 Å². The Labute approximate surface area is 129 Å². The largest absolute Gasteiger partial charge is 0.427 e. The minimum atomic E-state index is -0.451. The second-order valence-electron chi connectivity index (χ2n) is 7.07. The van der Waals surface area contributed by atoms with Crippen LogP contribution in [-0.4, -0.2) is 17.5 Å². The first-order valence-corrected chi connectivity index (χ1v) is 7.63. The summed E-state index contributed by atoms with van der Waals surface area (Å²) < 4.78 is 10.5. The third-order valence-electron chi connectivity index (χ3n) is 4.37. The lowest BCUT2D eigenvalue weighted by Gasteiger charge is -2.30. The van der Waals surface area contributed by atoms with Crippen molar-refractivity contribution in [1.29, 1.82) is 0 Å². The zero-order chi connectivity index (χ0) is 16.1. The molecule has 0 aliphatic carbocycles. The number of carbonyl (C=O) groups excluding carboxylic acids is 1. The van der Waals surface area contributed by atoms with Gasteiger partial charge in [0.05, 0.1) is 5.70 Å². The molecule has 1 aromatic rings. The molecule has 1 aromatic heterocycles. The van der Waals surface area contributed by atoms with Crippen LogP contribution < -0.4 is 10.4 Å². The number of allylic oxidation sites excluding steroid dienone is 1. The number of aryl methyl sites for hydroxylation is 1. The van der Waals surface area contributed by atoms with Crippen LogP contribution in [0.2, 0.25) is 0 Å². The van der Waals surface area contributed by atoms with Crippen LogP contribution in [0.15, 0.2) is 21.4 Å². The topological polar surface area (TPSA) is 59.8 Å². The Morgan fingerprint density at radius 2 is 2.00 bits per heavy atom. The molecule has 1 unspecified atom stereocenters. The average molecular weight is 303 g/mol. The Morgan fingerprint density at radius 1 is 1.27 bits per heavy atom. The summed E-state index contributed by atoms with van der Waals surface area (Å²) in [6, 6.07) is 1.60. The Morgan fingerprint density at radius 3 is 2.68 bits per heavy atom. The van der Waals surface area contributed by atoms with E-state index in [-0.39, 0.29) is 11.3 Å². The molecular weight excluding hydrogens is 282 g/mol. The lowest BCUT2D eigenvalue weighted by Crippen LogP contribution is -2.38. The van der Waals surface area contributed by atoms with Gasteiger partial charge in [0.2, 0.25) is 0 Å². The van der Waals surface area contributed by atoms with Gasteiger partial charge in [-0.3, -0.25) is 4.90 Å². The zero-order valence-electron chi connectivity index (χ0n) is 13.4. The minimum absolute atomic E-state index is 0.0649. The van der Waals surface area contributed by atoms with Gasteiger partial charge in [-0.05, 0) is 31.1 Å². The molecule has 22 heavy (non-hydrogen) atoms. The maximum absolute atomic E-state index is 12.3. The molecule has 0 fully saturated rings. The molecule has 1 atom stereocenters. The summed E-state index contributed by atoms with van der Waals surface area (Å²) in [5, 5.41) is 0. The Hall–Kier alpha value is -2.04. The summed E-state index contributed by atoms with van der Waals surface area (Å²) >= 11 is 0. The van der Waals surface area contributed by atoms with E-state index in [1.165, 1.54) is 0 Å². The third kappa shape index (κ3) is 2.45. The minimum Gasteiger partial charge on any atom is -0.427 e. The van der Waals surface area contributed by atoms with Crippen LogP contribution in [0, 0.1) is 18.3 Å². The van der Waals surface area contributed by atoms with E-state index in [4.69, 9.17) is 9.15 Å². The first kappa shape index (κ1) is 14.9. The number of nitrogens with zero attached hydrogens (tertiary/aromatic N) is 1. The molecule has 0 N–H and O–H groups in total. The summed E-state index contributed by atoms with van der Waals surface area (Å²) in [6.45, 7) is 8.74. The molecule has 0 spiro atoms. The van der Waals surface area contributed by atoms with E-state index in [2.05, 4.69) is 20.8 Å². The second kappa shape index (κ2) is 5.00. The number of fused-ring (bicyclic) bond motifs is 3. The molecule has 0 bridgehead atoms. The molecule has 5 nitrogen and oxygen atoms in total. The summed E-state index contributed by atoms with van der Waals surface area (Å²) in [5.41, 5.74) is 0.613. The van der Waals surface area contributed by atoms with Crippen LogP contribution in [0.5, 0.6) is 5.75 Å². The van der Waals surface area contributed by atoms with E-state index in [1.54, 1.807) is 17.9 Å². The highest BCUT2D eigenvalue weighted by molar-refractivity contribution is 5.89. The maximum Gasteiger partial charge on any atom is 0.419 e. The van der Waals surface area contributed by atoms with Crippen molar-refractivity contribution >= 4 is 11.8 Å². The monoisotopic (exact) mass is 303 g/mol. The lowest BCUT2D eigenvalue weighted by molar-refractivity contribution is 0.167. The van der Waals surface area contributed by atoms with Crippen LogP contribution in [0.25, 0.3) is 5.70 Å². The van der Waals surface area contributed by atoms with Crippen molar-refractivity contribution in [3.8, 4) is 5.75 Å². The van der Waals surface area contributed by atoms with Crippen molar-refractivity contribution in [2.24, 2.45) is 11.3 Å². The SMILES string of the molecule is Cc1cc2c(c(=O)o1)C1=CC(C(C)(C)C)CCCN1C(=O)O2. The predicted octanol–water partition coefficient (Wildman–Crippen LogP) is 3.56. The van der Waals surface area contributed by atoms with Crippen molar-refractivity contribution in [2.45, 2.75) is 40.5 Å². The zero-order valence-corrected chi connectivity index (χ0v) is 13.4. The summed E-state index contributed by atoms with van der Waals surface area (Å²) in [5.74, 6) is 1.02. The normalized spacial score (nSPS) is 21.5. The molecule has 0 saturated heterocycles. The number of carbonyl (C=O) groups is 1. The molecule has 2 aliphatic rings. The maximum atomic E-state index is 12.3. The summed E-state index contributed by atoms with van der Waals surface area (Å²) in [7, 11) is 0. The molecule has 5 heteroatoms. The van der Waals surface area contributed by atoms with Crippen molar-refractivity contribution < 1.29 is 13.9 Å². The second-order valence-corrected chi connectivity index (χ2v) is 7.07. The highest BCUT2D eigenvalue weighted by atomic mass is 16.6. The van der Waals surface area contributed by atoms with Gasteiger partial charge in [0.1, 0.15) is 11.3 Å². The summed E-state index contributed by atoms with van der Waals surface area (Å²) in [4.78, 5) is 26.1. The number of ether oxygens (including phenoxy) is 1. The third-order valence-corrected chi connectivity index (χ3v) is 4.37. The van der Waals surface area contributed by atoms with Crippen LogP contribution in [0.4, 0.5) is 4.79 Å². The van der Waals surface area contributed by atoms with E-state index in [0.29, 0.717) is 29.3 Å². The first-order valence-electron chi connectivity index (χ1n) is 7.63. The fourth-order valence-electron chi connectivity index (χ4n) is 3.09. The van der Waals surface area contributed by atoms with Crippen LogP contribution >= 0.6 is 0 Å². The fraction of sp³-hybridized carbons (Fsp3) is 0.529. The van der Waals surface area contributed by atoms with Gasteiger partial charge in [-0.15, -0.1) is 0 Å². The van der Waals surface area contributed by atoms with E-state index in [0.717, 1.165) is 12.8 Å². The highest BCUT2D eigenvalue weighted by Gasteiger charge is 2.36. The average Bonchev–Trinajstić information content (AvgIpc) is 2.60. The number of amides is 1. The van der Waals surface area contributed by atoms with E-state index in [9.17, 15) is 9.59 Å². The molecule has 3 rings (SSSR count). The van der Waals surface area contributed by atoms with Crippen LogP contribution in [0.1, 0.15) is 44.9 Å². The molecule has 0 aromatic carbocycles. The van der Waals surface area contributed by atoms with Gasteiger partial charge in [0.25, 0.3) is 0 Å². The standard InChI is InChI=1S/C17H21NO4/c1-10-8-13-14(15(19)21-10)12-9-11(17(2,3)4)6-5-7-18(12)16(20)22-13/h8-9,11H,5-7H2,1-4H3. The van der Waals surface area contributed by atoms with Crippen molar-refractivity contribution in [2.75, 3.05) is 6.54 Å². The number of hydrogen-bond acceptors (Lipinski definition) is 4. The van der Waals surface area contributed by atoms with Crippen LogP contribution in [0.3, 0.4) is 0 Å². The van der Waals surface area contributed by atoms with Gasteiger partial charge in [-0.25, -0.2) is 9.59 Å². The Balaban J connectivity index is 2.21. The summed E-state index contributed by atoms with van der Waals surface area (Å²) in [6.07, 6.45) is 3.48. The van der Waals surface area contributed by atoms with Crippen LogP contribution in [-0.2, 0) is 0 Å². The lowest BCUT2D eigenvalue weighted by atomic mass is 9.78. The van der Waals surface area contributed by atoms with Gasteiger partial charge in [0.15, 0.2) is 5.75 Å². The molecule has 0 saturated carbocycles. The van der Waals surface area contributed by atoms with E-state index >= 15 is 0 Å². The molecule has 2 aliphatic heterocycles. The van der Waals surface area contributed by atoms with Crippen molar-refractivity contribution in [3.05, 3.63) is 33.9 Å². The molecule has 1 amide bonds. The van der Waals surface area contributed by atoms with E-state index < -0.39 is 11.7 Å². The van der Waals surface area contributed by atoms with Crippen molar-refractivity contribution in [1.82, 2.24) is 4.90 Å². The Bertz CT molecular complexity index is 708. The Kier molecular flexibility index (Phi) is 3.38. The highest BCUT2D eigenvalue weighted by Crippen LogP contribution is 2.40. The molecule has 3 heterocycles. The van der Waals surface area contributed by atoms with Crippen molar-refractivity contribution in [3.63, 3.8) is 0 Å². The quantitative estimate of drug-likeness (QED) is 0.735.